The number of anilines is 1. The van der Waals surface area contributed by atoms with Crippen LogP contribution in [0.2, 0.25) is 0 Å². The van der Waals surface area contributed by atoms with Crippen molar-refractivity contribution >= 4 is 29.4 Å². The van der Waals surface area contributed by atoms with Gasteiger partial charge in [-0.15, -0.1) is 0 Å². The number of rotatable bonds is 9. The van der Waals surface area contributed by atoms with Crippen LogP contribution in [-0.2, 0) is 14.4 Å². The standard InChI is InChI=1S/C22H26N4O6/c1-13(27)24-19(5-3-4-12-23)21(30)26(14(2)28)16-8-6-15(7-9-16)18-11-10-17(22(31)32)20(29)25-18/h6-11,19H,3-5,12,23H2,1-2H3,(H,24,27)(H,25,29)(H,31,32). The minimum Gasteiger partial charge on any atom is -0.477 e. The zero-order valence-electron chi connectivity index (χ0n) is 17.9. The van der Waals surface area contributed by atoms with Crippen LogP contribution in [0.1, 0.15) is 43.5 Å². The summed E-state index contributed by atoms with van der Waals surface area (Å²) in [6.07, 6.45) is 1.63. The molecule has 0 spiro atoms. The summed E-state index contributed by atoms with van der Waals surface area (Å²) in [6.45, 7) is 3.00. The van der Waals surface area contributed by atoms with Gasteiger partial charge in [-0.2, -0.15) is 0 Å². The molecule has 0 saturated carbocycles. The van der Waals surface area contributed by atoms with E-state index in [9.17, 15) is 24.0 Å². The molecule has 0 aliphatic heterocycles. The highest BCUT2D eigenvalue weighted by Crippen LogP contribution is 2.23. The topological polar surface area (TPSA) is 163 Å². The minimum absolute atomic E-state index is 0.296. The van der Waals surface area contributed by atoms with Gasteiger partial charge in [-0.05, 0) is 55.6 Å². The number of carbonyl (C=O) groups is 4. The maximum absolute atomic E-state index is 13.1. The molecule has 2 aromatic rings. The molecule has 1 atom stereocenters. The van der Waals surface area contributed by atoms with Crippen LogP contribution in [0.15, 0.2) is 41.2 Å². The highest BCUT2D eigenvalue weighted by Gasteiger charge is 2.28. The zero-order chi connectivity index (χ0) is 23.8. The quantitative estimate of drug-likeness (QED) is 0.425. The Kier molecular flexibility index (Phi) is 8.42. The monoisotopic (exact) mass is 442 g/mol. The summed E-state index contributed by atoms with van der Waals surface area (Å²) in [6, 6.07) is 8.03. The number of aromatic carboxylic acids is 1. The number of aromatic amines is 1. The van der Waals surface area contributed by atoms with E-state index in [1.807, 2.05) is 0 Å². The van der Waals surface area contributed by atoms with Crippen LogP contribution in [0.5, 0.6) is 0 Å². The van der Waals surface area contributed by atoms with E-state index in [-0.39, 0.29) is 11.5 Å². The number of H-pyrrole nitrogens is 1. The highest BCUT2D eigenvalue weighted by atomic mass is 16.4. The molecule has 3 amide bonds. The Balaban J connectivity index is 2.31. The molecule has 0 aliphatic carbocycles. The number of unbranched alkanes of at least 4 members (excludes halogenated alkanes) is 1. The molecule has 2 rings (SSSR count). The van der Waals surface area contributed by atoms with Gasteiger partial charge in [-0.25, -0.2) is 9.69 Å². The summed E-state index contributed by atoms with van der Waals surface area (Å²) in [5.74, 6) is -2.79. The van der Waals surface area contributed by atoms with Gasteiger partial charge in [0, 0.05) is 19.5 Å². The molecule has 1 aromatic carbocycles. The van der Waals surface area contributed by atoms with Crippen LogP contribution in [0.4, 0.5) is 5.69 Å². The van der Waals surface area contributed by atoms with E-state index < -0.39 is 29.4 Å². The number of aromatic nitrogens is 1. The van der Waals surface area contributed by atoms with Gasteiger partial charge < -0.3 is 21.1 Å². The second kappa shape index (κ2) is 11.0. The number of carboxylic acids is 1. The average Bonchev–Trinajstić information content (AvgIpc) is 2.73. The van der Waals surface area contributed by atoms with E-state index >= 15 is 0 Å². The Morgan fingerprint density at radius 2 is 1.72 bits per heavy atom. The average molecular weight is 442 g/mol. The SMILES string of the molecule is CC(=O)NC(CCCCN)C(=O)N(C(C)=O)c1ccc(-c2ccc(C(=O)O)c(=O)[nH]2)cc1. The van der Waals surface area contributed by atoms with Crippen LogP contribution in [0, 0.1) is 0 Å². The van der Waals surface area contributed by atoms with Gasteiger partial charge in [0.05, 0.1) is 5.69 Å². The second-order valence-electron chi connectivity index (χ2n) is 7.20. The first-order valence-corrected chi connectivity index (χ1v) is 10.0. The number of carbonyl (C=O) groups excluding carboxylic acids is 3. The third kappa shape index (κ3) is 6.11. The van der Waals surface area contributed by atoms with Crippen molar-refractivity contribution in [2.45, 2.75) is 39.2 Å². The van der Waals surface area contributed by atoms with E-state index in [0.29, 0.717) is 42.8 Å². The highest BCUT2D eigenvalue weighted by molar-refractivity contribution is 6.16. The van der Waals surface area contributed by atoms with Gasteiger partial charge in [0.15, 0.2) is 0 Å². The van der Waals surface area contributed by atoms with Crippen molar-refractivity contribution in [3.63, 3.8) is 0 Å². The lowest BCUT2D eigenvalue weighted by Crippen LogP contribution is -2.50. The number of nitrogens with zero attached hydrogens (tertiary/aromatic N) is 1. The molecule has 170 valence electrons. The number of imide groups is 1. The summed E-state index contributed by atoms with van der Waals surface area (Å²) in [4.78, 5) is 63.3. The summed E-state index contributed by atoms with van der Waals surface area (Å²) >= 11 is 0. The van der Waals surface area contributed by atoms with Crippen molar-refractivity contribution in [3.05, 3.63) is 52.3 Å². The molecule has 0 aliphatic rings. The minimum atomic E-state index is -1.33. The Labute approximate surface area is 184 Å². The predicted molar refractivity (Wildman–Crippen MR) is 118 cm³/mol. The fourth-order valence-corrected chi connectivity index (χ4v) is 3.22. The number of pyridine rings is 1. The van der Waals surface area contributed by atoms with Crippen molar-refractivity contribution in [3.8, 4) is 11.3 Å². The molecule has 1 unspecified atom stereocenters. The summed E-state index contributed by atoms with van der Waals surface area (Å²) in [7, 11) is 0. The molecule has 0 radical (unpaired) electrons. The lowest BCUT2D eigenvalue weighted by atomic mass is 10.1. The van der Waals surface area contributed by atoms with Crippen LogP contribution < -0.4 is 21.5 Å². The molecule has 10 heteroatoms. The Bertz CT molecular complexity index is 1060. The van der Waals surface area contributed by atoms with Gasteiger partial charge in [0.25, 0.3) is 11.5 Å². The predicted octanol–water partition coefficient (Wildman–Crippen LogP) is 1.25. The van der Waals surface area contributed by atoms with Crippen molar-refractivity contribution in [1.82, 2.24) is 10.3 Å². The normalized spacial score (nSPS) is 11.5. The first kappa shape index (κ1) is 24.5. The Morgan fingerprint density at radius 1 is 1.06 bits per heavy atom. The maximum atomic E-state index is 13.1. The number of nitrogens with two attached hydrogens (primary N) is 1. The van der Waals surface area contributed by atoms with Crippen LogP contribution in [-0.4, -0.2) is 46.4 Å². The molecule has 0 fully saturated rings. The molecular weight excluding hydrogens is 416 g/mol. The van der Waals surface area contributed by atoms with E-state index in [0.717, 1.165) is 4.90 Å². The third-order valence-electron chi connectivity index (χ3n) is 4.73. The van der Waals surface area contributed by atoms with Crippen molar-refractivity contribution < 1.29 is 24.3 Å². The van der Waals surface area contributed by atoms with Crippen LogP contribution in [0.3, 0.4) is 0 Å². The summed E-state index contributed by atoms with van der Waals surface area (Å²) in [5.41, 5.74) is 5.61. The number of benzene rings is 1. The number of hydrogen-bond donors (Lipinski definition) is 4. The second-order valence-corrected chi connectivity index (χ2v) is 7.20. The third-order valence-corrected chi connectivity index (χ3v) is 4.73. The van der Waals surface area contributed by atoms with Gasteiger partial charge in [-0.1, -0.05) is 12.1 Å². The Hall–Kier alpha value is -3.79. The molecule has 1 heterocycles. The fraction of sp³-hybridized carbons (Fsp3) is 0.318. The van der Waals surface area contributed by atoms with E-state index in [4.69, 9.17) is 10.8 Å². The van der Waals surface area contributed by atoms with Gasteiger partial charge in [0.2, 0.25) is 11.8 Å². The molecule has 1 aromatic heterocycles. The number of carboxylic acid groups (broad SMARTS) is 1. The molecule has 0 saturated heterocycles. The first-order chi connectivity index (χ1) is 15.1. The van der Waals surface area contributed by atoms with E-state index in [1.165, 1.54) is 38.1 Å². The van der Waals surface area contributed by atoms with Crippen molar-refractivity contribution in [2.75, 3.05) is 11.4 Å². The maximum Gasteiger partial charge on any atom is 0.341 e. The molecule has 32 heavy (non-hydrogen) atoms. The van der Waals surface area contributed by atoms with Gasteiger partial charge in [-0.3, -0.25) is 19.2 Å². The molecule has 10 nitrogen and oxygen atoms in total. The van der Waals surface area contributed by atoms with Gasteiger partial charge >= 0.3 is 5.97 Å². The van der Waals surface area contributed by atoms with E-state index in [1.54, 1.807) is 12.1 Å². The zero-order valence-corrected chi connectivity index (χ0v) is 17.9. The molecular formula is C22H26N4O6. The largest absolute Gasteiger partial charge is 0.477 e. The summed E-state index contributed by atoms with van der Waals surface area (Å²) < 4.78 is 0. The van der Waals surface area contributed by atoms with E-state index in [2.05, 4.69) is 10.3 Å². The molecule has 0 bridgehead atoms. The fourth-order valence-electron chi connectivity index (χ4n) is 3.22. The summed E-state index contributed by atoms with van der Waals surface area (Å²) in [5, 5.41) is 11.6. The smallest absolute Gasteiger partial charge is 0.341 e. The molecule has 5 N–H and O–H groups in total. The number of hydrogen-bond acceptors (Lipinski definition) is 6. The number of nitrogens with one attached hydrogen (secondary N) is 2. The number of amides is 3. The van der Waals surface area contributed by atoms with Crippen molar-refractivity contribution in [1.29, 1.82) is 0 Å². The van der Waals surface area contributed by atoms with Crippen LogP contribution in [0.25, 0.3) is 11.3 Å². The van der Waals surface area contributed by atoms with Crippen molar-refractivity contribution in [2.24, 2.45) is 5.73 Å². The lowest BCUT2D eigenvalue weighted by Gasteiger charge is -2.25. The van der Waals surface area contributed by atoms with Crippen LogP contribution >= 0.6 is 0 Å². The first-order valence-electron chi connectivity index (χ1n) is 10.0. The lowest BCUT2D eigenvalue weighted by molar-refractivity contribution is -0.130. The van der Waals surface area contributed by atoms with Gasteiger partial charge in [0.1, 0.15) is 11.6 Å². The Morgan fingerprint density at radius 3 is 2.22 bits per heavy atom.